The molecule has 2 unspecified atom stereocenters. The van der Waals surface area contributed by atoms with E-state index < -0.39 is 23.3 Å². The highest BCUT2D eigenvalue weighted by molar-refractivity contribution is 5.35. The molecule has 4 N–H and O–H groups in total. The number of allylic oxidation sites excluding steroid dienone is 2. The molecule has 0 aliphatic heterocycles. The minimum Gasteiger partial charge on any atom is -0.323 e. The molecular formula is C8H11F3N2. The van der Waals surface area contributed by atoms with E-state index in [-0.39, 0.29) is 0 Å². The smallest absolute Gasteiger partial charge is 0.323 e. The molecule has 0 bridgehead atoms. The zero-order valence-electron chi connectivity index (χ0n) is 7.10. The largest absolute Gasteiger partial charge is 0.416 e. The molecule has 13 heavy (non-hydrogen) atoms. The number of halogens is 3. The molecule has 0 aromatic heterocycles. The van der Waals surface area contributed by atoms with Crippen molar-refractivity contribution in [1.29, 1.82) is 0 Å². The highest BCUT2D eigenvalue weighted by Crippen LogP contribution is 2.31. The zero-order valence-corrected chi connectivity index (χ0v) is 7.10. The molecule has 0 saturated carbocycles. The van der Waals surface area contributed by atoms with Gasteiger partial charge in [-0.3, -0.25) is 0 Å². The van der Waals surface area contributed by atoms with Crippen molar-refractivity contribution < 1.29 is 13.2 Å². The van der Waals surface area contributed by atoms with Crippen LogP contribution in [0, 0.1) is 0 Å². The molecule has 1 rings (SSSR count). The molecule has 0 fully saturated rings. The molecule has 0 saturated heterocycles. The summed E-state index contributed by atoms with van der Waals surface area (Å²) in [6, 6.07) is -0.571. The first-order valence-corrected chi connectivity index (χ1v) is 3.76. The van der Waals surface area contributed by atoms with Crippen molar-refractivity contribution in [3.05, 3.63) is 23.8 Å². The molecule has 74 valence electrons. The van der Waals surface area contributed by atoms with Gasteiger partial charge < -0.3 is 11.5 Å². The van der Waals surface area contributed by atoms with E-state index in [1.54, 1.807) is 0 Å². The highest BCUT2D eigenvalue weighted by Gasteiger charge is 2.37. The van der Waals surface area contributed by atoms with Crippen molar-refractivity contribution in [1.82, 2.24) is 0 Å². The molecule has 0 aromatic carbocycles. The average Bonchev–Trinajstić information content (AvgIpc) is 1.92. The summed E-state index contributed by atoms with van der Waals surface area (Å²) >= 11 is 0. The van der Waals surface area contributed by atoms with Crippen molar-refractivity contribution in [2.24, 2.45) is 11.5 Å². The van der Waals surface area contributed by atoms with E-state index in [9.17, 15) is 13.2 Å². The van der Waals surface area contributed by atoms with Crippen LogP contribution < -0.4 is 11.5 Å². The van der Waals surface area contributed by atoms with Gasteiger partial charge in [0, 0.05) is 6.04 Å². The van der Waals surface area contributed by atoms with E-state index in [1.165, 1.54) is 13.0 Å². The number of nitrogens with two attached hydrogens (primary N) is 2. The summed E-state index contributed by atoms with van der Waals surface area (Å²) in [5.41, 5.74) is 9.19. The van der Waals surface area contributed by atoms with Gasteiger partial charge in [0.15, 0.2) is 0 Å². The second-order valence-electron chi connectivity index (χ2n) is 3.35. The zero-order chi connectivity index (χ0) is 10.3. The standard InChI is InChI=1S/C8H11F3N2/c1-7(13)4-5(8(9,10)11)2-3-6(7)12/h2-4,6H,12-13H2,1H3. The molecule has 1 aliphatic rings. The Kier molecular flexibility index (Phi) is 2.25. The van der Waals surface area contributed by atoms with Gasteiger partial charge in [0.1, 0.15) is 0 Å². The average molecular weight is 192 g/mol. The Balaban J connectivity index is 2.99. The molecular weight excluding hydrogens is 181 g/mol. The molecule has 0 spiro atoms. The Morgan fingerprint density at radius 1 is 1.46 bits per heavy atom. The second-order valence-corrected chi connectivity index (χ2v) is 3.35. The second kappa shape index (κ2) is 2.85. The van der Waals surface area contributed by atoms with Gasteiger partial charge >= 0.3 is 6.18 Å². The van der Waals surface area contributed by atoms with Gasteiger partial charge in [0.2, 0.25) is 0 Å². The highest BCUT2D eigenvalue weighted by atomic mass is 19.4. The van der Waals surface area contributed by atoms with Crippen molar-refractivity contribution in [2.45, 2.75) is 24.7 Å². The van der Waals surface area contributed by atoms with Gasteiger partial charge in [0.05, 0.1) is 11.1 Å². The minimum atomic E-state index is -4.35. The van der Waals surface area contributed by atoms with E-state index in [2.05, 4.69) is 0 Å². The van der Waals surface area contributed by atoms with Gasteiger partial charge in [-0.05, 0) is 6.92 Å². The Morgan fingerprint density at radius 3 is 2.38 bits per heavy atom. The van der Waals surface area contributed by atoms with Crippen LogP contribution in [0.15, 0.2) is 23.8 Å². The van der Waals surface area contributed by atoms with Crippen molar-refractivity contribution in [3.63, 3.8) is 0 Å². The van der Waals surface area contributed by atoms with Crippen LogP contribution in [0.3, 0.4) is 0 Å². The summed E-state index contributed by atoms with van der Waals surface area (Å²) in [5.74, 6) is 0. The van der Waals surface area contributed by atoms with E-state index >= 15 is 0 Å². The summed E-state index contributed by atoms with van der Waals surface area (Å²) in [6.07, 6.45) is -1.17. The fraction of sp³-hybridized carbons (Fsp3) is 0.500. The normalized spacial score (nSPS) is 34.6. The lowest BCUT2D eigenvalue weighted by molar-refractivity contribution is -0.0890. The summed E-state index contributed by atoms with van der Waals surface area (Å²) in [4.78, 5) is 0. The maximum absolute atomic E-state index is 12.2. The van der Waals surface area contributed by atoms with Crippen LogP contribution in [0.25, 0.3) is 0 Å². The van der Waals surface area contributed by atoms with E-state index in [0.29, 0.717) is 0 Å². The molecule has 2 nitrogen and oxygen atoms in total. The van der Waals surface area contributed by atoms with Gasteiger partial charge in [0.25, 0.3) is 0 Å². The Labute approximate surface area is 74.1 Å². The summed E-state index contributed by atoms with van der Waals surface area (Å²) < 4.78 is 36.6. The Bertz CT molecular complexity index is 263. The van der Waals surface area contributed by atoms with Gasteiger partial charge in [-0.2, -0.15) is 13.2 Å². The Hall–Kier alpha value is -0.810. The molecule has 0 aromatic rings. The maximum Gasteiger partial charge on any atom is 0.416 e. The van der Waals surface area contributed by atoms with Crippen LogP contribution in [-0.4, -0.2) is 17.8 Å². The quantitative estimate of drug-likeness (QED) is 0.603. The van der Waals surface area contributed by atoms with E-state index in [4.69, 9.17) is 11.5 Å². The SMILES string of the molecule is CC1(N)C=C(C(F)(F)F)C=CC1N. The van der Waals surface area contributed by atoms with Crippen LogP contribution >= 0.6 is 0 Å². The predicted molar refractivity (Wildman–Crippen MR) is 43.8 cm³/mol. The third-order valence-corrected chi connectivity index (χ3v) is 2.00. The monoisotopic (exact) mass is 192 g/mol. The fourth-order valence-electron chi connectivity index (χ4n) is 1.07. The van der Waals surface area contributed by atoms with E-state index in [1.807, 2.05) is 0 Å². The lowest BCUT2D eigenvalue weighted by Crippen LogP contribution is -2.52. The number of hydrogen-bond donors (Lipinski definition) is 2. The van der Waals surface area contributed by atoms with Crippen LogP contribution in [0.4, 0.5) is 13.2 Å². The van der Waals surface area contributed by atoms with E-state index in [0.717, 1.165) is 12.2 Å². The number of rotatable bonds is 0. The van der Waals surface area contributed by atoms with Crippen LogP contribution in [0.2, 0.25) is 0 Å². The minimum absolute atomic E-state index is 0.571. The van der Waals surface area contributed by atoms with Crippen LogP contribution in [0.5, 0.6) is 0 Å². The first kappa shape index (κ1) is 10.3. The van der Waals surface area contributed by atoms with Crippen molar-refractivity contribution >= 4 is 0 Å². The molecule has 2 atom stereocenters. The lowest BCUT2D eigenvalue weighted by atomic mass is 9.87. The third kappa shape index (κ3) is 2.10. The van der Waals surface area contributed by atoms with Crippen molar-refractivity contribution in [2.75, 3.05) is 0 Å². The predicted octanol–water partition coefficient (Wildman–Crippen LogP) is 1.09. The van der Waals surface area contributed by atoms with Gasteiger partial charge in [-0.25, -0.2) is 0 Å². The van der Waals surface area contributed by atoms with Crippen LogP contribution in [0.1, 0.15) is 6.92 Å². The summed E-state index contributed by atoms with van der Waals surface area (Å²) in [7, 11) is 0. The first-order chi connectivity index (χ1) is 5.73. The topological polar surface area (TPSA) is 52.0 Å². The van der Waals surface area contributed by atoms with Gasteiger partial charge in [-0.1, -0.05) is 18.2 Å². The first-order valence-electron chi connectivity index (χ1n) is 3.76. The molecule has 1 aliphatic carbocycles. The summed E-state index contributed by atoms with van der Waals surface area (Å²) in [5, 5.41) is 0. The fourth-order valence-corrected chi connectivity index (χ4v) is 1.07. The summed E-state index contributed by atoms with van der Waals surface area (Å²) in [6.45, 7) is 1.47. The molecule has 0 radical (unpaired) electrons. The van der Waals surface area contributed by atoms with Gasteiger partial charge in [-0.15, -0.1) is 0 Å². The Morgan fingerprint density at radius 2 is 2.00 bits per heavy atom. The van der Waals surface area contributed by atoms with Crippen LogP contribution in [-0.2, 0) is 0 Å². The number of alkyl halides is 3. The maximum atomic E-state index is 12.2. The van der Waals surface area contributed by atoms with Crippen molar-refractivity contribution in [3.8, 4) is 0 Å². The molecule has 0 heterocycles. The number of hydrogen-bond acceptors (Lipinski definition) is 2. The molecule has 5 heteroatoms. The molecule has 0 amide bonds. The third-order valence-electron chi connectivity index (χ3n) is 2.00. The lowest BCUT2D eigenvalue weighted by Gasteiger charge is -2.30.